The SMILES string of the molecule is CCCCCCCCC(CCCCCCC)Nc1ccc(C(=O)OC(C)(C)C(=O)O)cc1. The number of nitrogens with one attached hydrogen (secondary N) is 1. The van der Waals surface area contributed by atoms with E-state index in [2.05, 4.69) is 19.2 Å². The fourth-order valence-corrected chi connectivity index (χ4v) is 3.73. The molecule has 0 bridgehead atoms. The number of hydrogen-bond acceptors (Lipinski definition) is 4. The van der Waals surface area contributed by atoms with Crippen molar-refractivity contribution in [3.8, 4) is 0 Å². The number of unbranched alkanes of at least 4 members (excludes halogenated alkanes) is 9. The third-order valence-corrected chi connectivity index (χ3v) is 5.92. The van der Waals surface area contributed by atoms with E-state index in [0.29, 0.717) is 11.6 Å². The lowest BCUT2D eigenvalue weighted by Gasteiger charge is -2.21. The molecule has 0 aliphatic heterocycles. The Balaban J connectivity index is 2.61. The van der Waals surface area contributed by atoms with Gasteiger partial charge in [0.2, 0.25) is 5.60 Å². The second-order valence-corrected chi connectivity index (χ2v) is 9.38. The van der Waals surface area contributed by atoms with E-state index in [-0.39, 0.29) is 0 Å². The number of rotatable bonds is 18. The van der Waals surface area contributed by atoms with Crippen molar-refractivity contribution < 1.29 is 19.4 Å². The molecule has 32 heavy (non-hydrogen) atoms. The Bertz CT molecular complexity index is 654. The van der Waals surface area contributed by atoms with Crippen LogP contribution in [0.1, 0.15) is 122 Å². The molecule has 1 rings (SSSR count). The third-order valence-electron chi connectivity index (χ3n) is 5.92. The molecule has 5 nitrogen and oxygen atoms in total. The summed E-state index contributed by atoms with van der Waals surface area (Å²) in [7, 11) is 0. The summed E-state index contributed by atoms with van der Waals surface area (Å²) in [4.78, 5) is 23.4. The molecule has 1 aromatic rings. The van der Waals surface area contributed by atoms with Gasteiger partial charge in [-0.15, -0.1) is 0 Å². The average molecular weight is 448 g/mol. The number of esters is 1. The molecular weight excluding hydrogens is 402 g/mol. The number of anilines is 1. The van der Waals surface area contributed by atoms with Gasteiger partial charge >= 0.3 is 11.9 Å². The Morgan fingerprint density at radius 2 is 1.31 bits per heavy atom. The summed E-state index contributed by atoms with van der Waals surface area (Å²) in [5, 5.41) is 12.8. The highest BCUT2D eigenvalue weighted by molar-refractivity contribution is 5.92. The van der Waals surface area contributed by atoms with Crippen LogP contribution >= 0.6 is 0 Å². The van der Waals surface area contributed by atoms with Gasteiger partial charge in [0.25, 0.3) is 0 Å². The first-order valence-corrected chi connectivity index (χ1v) is 12.6. The minimum atomic E-state index is -1.55. The van der Waals surface area contributed by atoms with Gasteiger partial charge in [-0.2, -0.15) is 0 Å². The van der Waals surface area contributed by atoms with Gasteiger partial charge in [-0.25, -0.2) is 9.59 Å². The molecule has 0 amide bonds. The normalized spacial score (nSPS) is 12.4. The van der Waals surface area contributed by atoms with E-state index in [4.69, 9.17) is 9.84 Å². The summed E-state index contributed by atoms with van der Waals surface area (Å²) in [6.45, 7) is 7.23. The first-order chi connectivity index (χ1) is 15.3. The van der Waals surface area contributed by atoms with E-state index in [1.54, 1.807) is 12.1 Å². The van der Waals surface area contributed by atoms with Crippen LogP contribution < -0.4 is 5.32 Å². The Morgan fingerprint density at radius 1 is 0.844 bits per heavy atom. The number of hydrogen-bond donors (Lipinski definition) is 2. The van der Waals surface area contributed by atoms with Crippen LogP contribution in [0.5, 0.6) is 0 Å². The van der Waals surface area contributed by atoms with Gasteiger partial charge in [-0.05, 0) is 51.0 Å². The predicted molar refractivity (Wildman–Crippen MR) is 132 cm³/mol. The van der Waals surface area contributed by atoms with Crippen LogP contribution in [0, 0.1) is 0 Å². The quantitative estimate of drug-likeness (QED) is 0.179. The number of carboxylic acids is 1. The summed E-state index contributed by atoms with van der Waals surface area (Å²) in [5.41, 5.74) is -0.200. The maximum atomic E-state index is 12.3. The Morgan fingerprint density at radius 3 is 1.78 bits per heavy atom. The maximum Gasteiger partial charge on any atom is 0.347 e. The molecule has 1 atom stereocenters. The molecular formula is C27H45NO4. The first kappa shape index (κ1) is 28.0. The van der Waals surface area contributed by atoms with Crippen LogP contribution in [0.2, 0.25) is 0 Å². The molecule has 2 N–H and O–H groups in total. The van der Waals surface area contributed by atoms with Crippen LogP contribution in [-0.4, -0.2) is 28.7 Å². The molecule has 182 valence electrons. The molecule has 0 aromatic heterocycles. The fraction of sp³-hybridized carbons (Fsp3) is 0.704. The highest BCUT2D eigenvalue weighted by Gasteiger charge is 2.32. The molecule has 0 spiro atoms. The van der Waals surface area contributed by atoms with Crippen molar-refractivity contribution in [2.45, 2.75) is 123 Å². The van der Waals surface area contributed by atoms with Crippen LogP contribution in [0.3, 0.4) is 0 Å². The fourth-order valence-electron chi connectivity index (χ4n) is 3.73. The van der Waals surface area contributed by atoms with Gasteiger partial charge in [-0.1, -0.05) is 84.5 Å². The number of ether oxygens (including phenoxy) is 1. The van der Waals surface area contributed by atoms with E-state index in [1.165, 1.54) is 84.5 Å². The lowest BCUT2D eigenvalue weighted by atomic mass is 10.00. The maximum absolute atomic E-state index is 12.3. The Kier molecular flexibility index (Phi) is 13.7. The van der Waals surface area contributed by atoms with E-state index in [0.717, 1.165) is 18.5 Å². The molecule has 0 heterocycles. The molecule has 0 aliphatic carbocycles. The molecule has 0 aliphatic rings. The van der Waals surface area contributed by atoms with E-state index in [1.807, 2.05) is 12.1 Å². The number of carbonyl (C=O) groups is 2. The summed E-state index contributed by atoms with van der Waals surface area (Å²) in [6.07, 6.45) is 16.5. The highest BCUT2D eigenvalue weighted by Crippen LogP contribution is 2.20. The van der Waals surface area contributed by atoms with Gasteiger partial charge in [0.05, 0.1) is 5.56 Å². The number of carbonyl (C=O) groups excluding carboxylic acids is 1. The monoisotopic (exact) mass is 447 g/mol. The number of carboxylic acid groups (broad SMARTS) is 1. The summed E-state index contributed by atoms with van der Waals surface area (Å²) >= 11 is 0. The summed E-state index contributed by atoms with van der Waals surface area (Å²) < 4.78 is 5.13. The lowest BCUT2D eigenvalue weighted by Crippen LogP contribution is -2.37. The van der Waals surface area contributed by atoms with Crippen LogP contribution in [0.15, 0.2) is 24.3 Å². The van der Waals surface area contributed by atoms with Crippen molar-refractivity contribution in [3.05, 3.63) is 29.8 Å². The van der Waals surface area contributed by atoms with Crippen LogP contribution in [0.4, 0.5) is 5.69 Å². The third kappa shape index (κ3) is 11.5. The van der Waals surface area contributed by atoms with E-state index >= 15 is 0 Å². The zero-order valence-electron chi connectivity index (χ0n) is 20.8. The smallest absolute Gasteiger partial charge is 0.347 e. The zero-order valence-corrected chi connectivity index (χ0v) is 20.8. The van der Waals surface area contributed by atoms with Crippen LogP contribution in [-0.2, 0) is 9.53 Å². The molecule has 0 saturated heterocycles. The summed E-state index contributed by atoms with van der Waals surface area (Å²) in [5.74, 6) is -1.79. The van der Waals surface area contributed by atoms with Crippen molar-refractivity contribution in [2.75, 3.05) is 5.32 Å². The second kappa shape index (κ2) is 15.7. The number of aliphatic carboxylic acids is 1. The predicted octanol–water partition coefficient (Wildman–Crippen LogP) is 7.60. The van der Waals surface area contributed by atoms with Crippen molar-refractivity contribution in [1.29, 1.82) is 0 Å². The van der Waals surface area contributed by atoms with Crippen molar-refractivity contribution in [2.24, 2.45) is 0 Å². The topological polar surface area (TPSA) is 75.6 Å². The summed E-state index contributed by atoms with van der Waals surface area (Å²) in [6, 6.07) is 7.61. The molecule has 0 fully saturated rings. The van der Waals surface area contributed by atoms with Gasteiger partial charge in [0.15, 0.2) is 0 Å². The second-order valence-electron chi connectivity index (χ2n) is 9.38. The number of benzene rings is 1. The molecule has 1 unspecified atom stereocenters. The zero-order chi connectivity index (χ0) is 23.8. The van der Waals surface area contributed by atoms with Crippen molar-refractivity contribution >= 4 is 17.6 Å². The molecule has 0 saturated carbocycles. The minimum absolute atomic E-state index is 0.358. The molecule has 1 aromatic carbocycles. The van der Waals surface area contributed by atoms with Crippen molar-refractivity contribution in [1.82, 2.24) is 0 Å². The Hall–Kier alpha value is -2.04. The standard InChI is InChI=1S/C27H45NO4/c1-5-7-9-11-13-15-17-23(16-14-12-10-8-6-2)28-24-20-18-22(19-21-24)25(29)32-27(3,4)26(30)31/h18-21,23,28H,5-17H2,1-4H3,(H,30,31). The minimum Gasteiger partial charge on any atom is -0.478 e. The molecule has 0 radical (unpaired) electrons. The van der Waals surface area contributed by atoms with Gasteiger partial charge in [0, 0.05) is 11.7 Å². The van der Waals surface area contributed by atoms with Gasteiger partial charge < -0.3 is 15.2 Å². The van der Waals surface area contributed by atoms with Gasteiger partial charge in [-0.3, -0.25) is 0 Å². The van der Waals surface area contributed by atoms with E-state index in [9.17, 15) is 9.59 Å². The van der Waals surface area contributed by atoms with Crippen LogP contribution in [0.25, 0.3) is 0 Å². The van der Waals surface area contributed by atoms with Gasteiger partial charge in [0.1, 0.15) is 0 Å². The Labute approximate surface area is 195 Å². The van der Waals surface area contributed by atoms with Crippen molar-refractivity contribution in [3.63, 3.8) is 0 Å². The first-order valence-electron chi connectivity index (χ1n) is 12.6. The highest BCUT2D eigenvalue weighted by atomic mass is 16.6. The average Bonchev–Trinajstić information content (AvgIpc) is 2.75. The lowest BCUT2D eigenvalue weighted by molar-refractivity contribution is -0.155. The largest absolute Gasteiger partial charge is 0.478 e. The molecule has 5 heteroatoms. The van der Waals surface area contributed by atoms with E-state index < -0.39 is 17.5 Å².